The van der Waals surface area contributed by atoms with Crippen LogP contribution in [0.15, 0.2) is 35.3 Å². The molecule has 1 aliphatic rings. The van der Waals surface area contributed by atoms with Crippen molar-refractivity contribution >= 4 is 35.3 Å². The molecule has 0 fully saturated rings. The minimum atomic E-state index is -1.18. The Bertz CT molecular complexity index is 886. The van der Waals surface area contributed by atoms with Crippen molar-refractivity contribution in [2.45, 2.75) is 65.0 Å². The highest BCUT2D eigenvalue weighted by Gasteiger charge is 2.21. The van der Waals surface area contributed by atoms with Crippen LogP contribution in [-0.2, 0) is 28.6 Å². The van der Waals surface area contributed by atoms with Gasteiger partial charge in [0.25, 0.3) is 0 Å². The molecule has 31 heavy (non-hydrogen) atoms. The number of nitrogens with zero attached hydrogens (tertiary/aromatic N) is 1. The third kappa shape index (κ3) is 8.47. The summed E-state index contributed by atoms with van der Waals surface area (Å²) in [6.07, 6.45) is 3.48. The van der Waals surface area contributed by atoms with E-state index in [1.54, 1.807) is 13.0 Å². The van der Waals surface area contributed by atoms with Crippen LogP contribution in [0.1, 0.15) is 44.3 Å². The van der Waals surface area contributed by atoms with Crippen molar-refractivity contribution < 1.29 is 33.7 Å². The third-order valence-electron chi connectivity index (χ3n) is 4.38. The Morgan fingerprint density at radius 3 is 2.55 bits per heavy atom. The summed E-state index contributed by atoms with van der Waals surface area (Å²) in [5.41, 5.74) is 1.50. The molecule has 168 valence electrons. The van der Waals surface area contributed by atoms with E-state index in [0.717, 1.165) is 22.4 Å². The van der Waals surface area contributed by atoms with Crippen LogP contribution in [0.5, 0.6) is 0 Å². The van der Waals surface area contributed by atoms with Crippen molar-refractivity contribution in [3.05, 3.63) is 46.0 Å². The maximum atomic E-state index is 12.4. The van der Waals surface area contributed by atoms with Gasteiger partial charge in [-0.15, -0.1) is 11.3 Å². The van der Waals surface area contributed by atoms with Gasteiger partial charge in [0.05, 0.1) is 17.1 Å². The van der Waals surface area contributed by atoms with Crippen molar-refractivity contribution in [3.63, 3.8) is 0 Å². The second-order valence-corrected chi connectivity index (χ2v) is 8.30. The number of carbonyl (C=O) groups is 3. The molecular weight excluding hydrogens is 422 g/mol. The number of carbonyl (C=O) groups excluding carboxylic acids is 3. The topological polar surface area (TPSA) is 112 Å². The van der Waals surface area contributed by atoms with Gasteiger partial charge in [0.2, 0.25) is 0 Å². The van der Waals surface area contributed by atoms with Gasteiger partial charge in [-0.1, -0.05) is 6.08 Å². The lowest BCUT2D eigenvalue weighted by atomic mass is 10.1. The summed E-state index contributed by atoms with van der Waals surface area (Å²) in [5, 5.41) is 12.8. The van der Waals surface area contributed by atoms with Crippen LogP contribution in [0.25, 0.3) is 6.08 Å². The summed E-state index contributed by atoms with van der Waals surface area (Å²) in [6.45, 7) is 6.79. The number of aromatic nitrogens is 1. The number of hydrogen-bond donors (Lipinski definition) is 1. The average molecular weight is 450 g/mol. The number of ether oxygens (including phenoxy) is 3. The number of aryl methyl sites for hydroxylation is 1. The lowest BCUT2D eigenvalue weighted by molar-refractivity contribution is -0.153. The SMILES string of the molecule is C/C(=C\c1csc(C)n1)[C@H]1C/C=C/C(=O)O[C@@H](C)[C@H](O)/C=C/C(=O)O[C@@H](C)CC(=O)O1. The Morgan fingerprint density at radius 2 is 1.87 bits per heavy atom. The minimum absolute atomic E-state index is 0.135. The zero-order valence-electron chi connectivity index (χ0n) is 17.9. The van der Waals surface area contributed by atoms with Gasteiger partial charge in [-0.2, -0.15) is 0 Å². The molecule has 1 aromatic heterocycles. The number of aliphatic hydroxyl groups is 1. The molecule has 0 spiro atoms. The molecule has 2 rings (SSSR count). The standard InChI is InChI=1S/C22H27NO7S/c1-13(10-17-12-31-16(4)23-17)19-6-5-7-20(25)29-15(3)18(24)8-9-21(26)28-14(2)11-22(27)30-19/h5,7-10,12,14-15,18-19,24H,6,11H2,1-4H3/b7-5+,9-8+,13-10+/t14-,15-,18+,19+/m0/s1. The maximum absolute atomic E-state index is 12.4. The zero-order valence-corrected chi connectivity index (χ0v) is 18.8. The van der Waals surface area contributed by atoms with E-state index in [1.165, 1.54) is 30.4 Å². The normalized spacial score (nSPS) is 28.9. The molecule has 1 aliphatic heterocycles. The maximum Gasteiger partial charge on any atom is 0.330 e. The molecule has 0 aliphatic carbocycles. The quantitative estimate of drug-likeness (QED) is 0.542. The molecule has 9 heteroatoms. The van der Waals surface area contributed by atoms with E-state index in [0.29, 0.717) is 0 Å². The largest absolute Gasteiger partial charge is 0.459 e. The van der Waals surface area contributed by atoms with Gasteiger partial charge in [-0.05, 0) is 45.4 Å². The number of thiazole rings is 1. The predicted octanol–water partition coefficient (Wildman–Crippen LogP) is 2.90. The van der Waals surface area contributed by atoms with Crippen LogP contribution in [0.3, 0.4) is 0 Å². The zero-order chi connectivity index (χ0) is 23.0. The molecule has 0 saturated heterocycles. The van der Waals surface area contributed by atoms with Crippen LogP contribution >= 0.6 is 11.3 Å². The molecule has 1 aromatic rings. The Hall–Kier alpha value is -2.78. The molecule has 4 atom stereocenters. The lowest BCUT2D eigenvalue weighted by Crippen LogP contribution is -2.27. The highest BCUT2D eigenvalue weighted by Crippen LogP contribution is 2.19. The number of aliphatic hydroxyl groups excluding tert-OH is 1. The van der Waals surface area contributed by atoms with Crippen molar-refractivity contribution in [3.8, 4) is 0 Å². The molecule has 0 saturated carbocycles. The summed E-state index contributed by atoms with van der Waals surface area (Å²) >= 11 is 1.51. The van der Waals surface area contributed by atoms with E-state index in [2.05, 4.69) is 4.98 Å². The van der Waals surface area contributed by atoms with Gasteiger partial charge in [0, 0.05) is 24.0 Å². The van der Waals surface area contributed by atoms with Crippen LogP contribution in [-0.4, -0.2) is 52.4 Å². The van der Waals surface area contributed by atoms with Gasteiger partial charge >= 0.3 is 17.9 Å². The monoisotopic (exact) mass is 449 g/mol. The number of rotatable bonds is 2. The lowest BCUT2D eigenvalue weighted by Gasteiger charge is -2.20. The van der Waals surface area contributed by atoms with Crippen LogP contribution < -0.4 is 0 Å². The number of esters is 3. The molecule has 8 nitrogen and oxygen atoms in total. The summed E-state index contributed by atoms with van der Waals surface area (Å²) in [4.78, 5) is 40.7. The first-order chi connectivity index (χ1) is 14.6. The Balaban J connectivity index is 2.23. The van der Waals surface area contributed by atoms with E-state index in [9.17, 15) is 19.5 Å². The fourth-order valence-electron chi connectivity index (χ4n) is 2.73. The van der Waals surface area contributed by atoms with Gasteiger partial charge in [-0.3, -0.25) is 4.79 Å². The Morgan fingerprint density at radius 1 is 1.16 bits per heavy atom. The van der Waals surface area contributed by atoms with Crippen molar-refractivity contribution in [1.82, 2.24) is 4.98 Å². The molecular formula is C22H27NO7S. The molecule has 1 N–H and O–H groups in total. The summed E-state index contributed by atoms with van der Waals surface area (Å²) < 4.78 is 15.8. The smallest absolute Gasteiger partial charge is 0.330 e. The Kier molecular flexibility index (Phi) is 9.14. The first kappa shape index (κ1) is 24.5. The van der Waals surface area contributed by atoms with Crippen LogP contribution in [0.4, 0.5) is 0 Å². The fourth-order valence-corrected chi connectivity index (χ4v) is 3.30. The van der Waals surface area contributed by atoms with Gasteiger partial charge in [0.15, 0.2) is 0 Å². The highest BCUT2D eigenvalue weighted by atomic mass is 32.1. The second kappa shape index (κ2) is 11.6. The molecule has 0 unspecified atom stereocenters. The van der Waals surface area contributed by atoms with E-state index < -0.39 is 42.3 Å². The first-order valence-electron chi connectivity index (χ1n) is 9.88. The minimum Gasteiger partial charge on any atom is -0.459 e. The van der Waals surface area contributed by atoms with Crippen molar-refractivity contribution in [1.29, 1.82) is 0 Å². The highest BCUT2D eigenvalue weighted by molar-refractivity contribution is 7.09. The third-order valence-corrected chi connectivity index (χ3v) is 5.17. The van der Waals surface area contributed by atoms with Crippen molar-refractivity contribution in [2.75, 3.05) is 0 Å². The van der Waals surface area contributed by atoms with Crippen molar-refractivity contribution in [2.24, 2.45) is 0 Å². The van der Waals surface area contributed by atoms with Gasteiger partial charge in [-0.25, -0.2) is 14.6 Å². The molecule has 0 amide bonds. The summed E-state index contributed by atoms with van der Waals surface area (Å²) in [5.74, 6) is -1.94. The van der Waals surface area contributed by atoms with E-state index in [-0.39, 0.29) is 12.8 Å². The first-order valence-corrected chi connectivity index (χ1v) is 10.8. The van der Waals surface area contributed by atoms with Crippen LogP contribution in [0, 0.1) is 6.92 Å². The predicted molar refractivity (Wildman–Crippen MR) is 115 cm³/mol. The fraction of sp³-hybridized carbons (Fsp3) is 0.455. The summed E-state index contributed by atoms with van der Waals surface area (Å²) in [6, 6.07) is 0. The molecule has 0 bridgehead atoms. The van der Waals surface area contributed by atoms with Gasteiger partial charge < -0.3 is 19.3 Å². The Labute approximate surface area is 185 Å². The summed E-state index contributed by atoms with van der Waals surface area (Å²) in [7, 11) is 0. The van der Waals surface area contributed by atoms with Crippen LogP contribution in [0.2, 0.25) is 0 Å². The molecule has 2 heterocycles. The second-order valence-electron chi connectivity index (χ2n) is 7.24. The van der Waals surface area contributed by atoms with E-state index in [1.807, 2.05) is 25.3 Å². The average Bonchev–Trinajstić information content (AvgIpc) is 3.08. The van der Waals surface area contributed by atoms with Gasteiger partial charge in [0.1, 0.15) is 24.4 Å². The molecule has 0 aromatic carbocycles. The number of cyclic esters (lactones) is 3. The number of hydrogen-bond acceptors (Lipinski definition) is 9. The van der Waals surface area contributed by atoms with E-state index in [4.69, 9.17) is 14.2 Å². The van der Waals surface area contributed by atoms with E-state index >= 15 is 0 Å². The molecule has 0 radical (unpaired) electrons.